The minimum absolute atomic E-state index is 0.243. The number of benzene rings is 1. The Kier molecular flexibility index (Phi) is 4.94. The van der Waals surface area contributed by atoms with Crippen LogP contribution in [-0.2, 0) is 4.74 Å². The highest BCUT2D eigenvalue weighted by molar-refractivity contribution is 5.19. The lowest BCUT2D eigenvalue weighted by molar-refractivity contribution is -0.00364. The van der Waals surface area contributed by atoms with Gasteiger partial charge in [0, 0.05) is 0 Å². The first-order chi connectivity index (χ1) is 9.06. The van der Waals surface area contributed by atoms with Gasteiger partial charge in [0.1, 0.15) is 5.82 Å². The van der Waals surface area contributed by atoms with Gasteiger partial charge in [-0.3, -0.25) is 0 Å². The SMILES string of the molecule is CC1CCC(OCC(N)c2cccc(F)c2)CC1C. The minimum Gasteiger partial charge on any atom is -0.376 e. The van der Waals surface area contributed by atoms with E-state index in [1.807, 2.05) is 6.07 Å². The zero-order valence-corrected chi connectivity index (χ0v) is 11.8. The second kappa shape index (κ2) is 6.49. The summed E-state index contributed by atoms with van der Waals surface area (Å²) in [6.45, 7) is 5.06. The molecule has 19 heavy (non-hydrogen) atoms. The second-order valence-corrected chi connectivity index (χ2v) is 5.88. The normalized spacial score (nSPS) is 29.2. The summed E-state index contributed by atoms with van der Waals surface area (Å²) < 4.78 is 19.0. The number of rotatable bonds is 4. The Labute approximate surface area is 115 Å². The Hall–Kier alpha value is -0.930. The second-order valence-electron chi connectivity index (χ2n) is 5.88. The van der Waals surface area contributed by atoms with Crippen LogP contribution in [0.1, 0.15) is 44.7 Å². The Balaban J connectivity index is 1.82. The van der Waals surface area contributed by atoms with Gasteiger partial charge >= 0.3 is 0 Å². The van der Waals surface area contributed by atoms with E-state index in [9.17, 15) is 4.39 Å². The largest absolute Gasteiger partial charge is 0.376 e. The fourth-order valence-electron chi connectivity index (χ4n) is 2.72. The smallest absolute Gasteiger partial charge is 0.123 e. The van der Waals surface area contributed by atoms with Gasteiger partial charge in [0.25, 0.3) is 0 Å². The predicted octanol–water partition coefficient (Wildman–Crippen LogP) is 3.67. The van der Waals surface area contributed by atoms with Gasteiger partial charge in [0.2, 0.25) is 0 Å². The maximum atomic E-state index is 13.1. The molecule has 1 saturated carbocycles. The molecule has 0 radical (unpaired) electrons. The van der Waals surface area contributed by atoms with E-state index in [0.29, 0.717) is 18.6 Å². The third kappa shape index (κ3) is 4.02. The molecule has 0 saturated heterocycles. The van der Waals surface area contributed by atoms with Crippen LogP contribution >= 0.6 is 0 Å². The van der Waals surface area contributed by atoms with E-state index < -0.39 is 0 Å². The van der Waals surface area contributed by atoms with Crippen LogP contribution in [0.25, 0.3) is 0 Å². The molecule has 2 rings (SSSR count). The van der Waals surface area contributed by atoms with Crippen molar-refractivity contribution in [3.05, 3.63) is 35.6 Å². The molecule has 1 aromatic rings. The molecule has 4 unspecified atom stereocenters. The zero-order valence-electron chi connectivity index (χ0n) is 11.8. The Bertz CT molecular complexity index is 409. The average molecular weight is 265 g/mol. The quantitative estimate of drug-likeness (QED) is 0.901. The van der Waals surface area contributed by atoms with Crippen molar-refractivity contribution in [3.63, 3.8) is 0 Å². The molecule has 1 aliphatic carbocycles. The molecule has 0 aromatic heterocycles. The van der Waals surface area contributed by atoms with Gasteiger partial charge in [-0.15, -0.1) is 0 Å². The molecule has 2 nitrogen and oxygen atoms in total. The van der Waals surface area contributed by atoms with Crippen molar-refractivity contribution >= 4 is 0 Å². The fraction of sp³-hybridized carbons (Fsp3) is 0.625. The lowest BCUT2D eigenvalue weighted by Gasteiger charge is -2.32. The Morgan fingerprint density at radius 3 is 2.79 bits per heavy atom. The number of halogens is 1. The molecule has 0 heterocycles. The van der Waals surface area contributed by atoms with Gasteiger partial charge in [-0.1, -0.05) is 26.0 Å². The van der Waals surface area contributed by atoms with E-state index in [1.165, 1.54) is 18.6 Å². The molecule has 0 aliphatic heterocycles. The summed E-state index contributed by atoms with van der Waals surface area (Å²) in [4.78, 5) is 0. The molecule has 0 amide bonds. The van der Waals surface area contributed by atoms with E-state index >= 15 is 0 Å². The molecule has 4 atom stereocenters. The van der Waals surface area contributed by atoms with E-state index in [4.69, 9.17) is 10.5 Å². The monoisotopic (exact) mass is 265 g/mol. The predicted molar refractivity (Wildman–Crippen MR) is 75.2 cm³/mol. The third-order valence-corrected chi connectivity index (χ3v) is 4.34. The molecular weight excluding hydrogens is 241 g/mol. The van der Waals surface area contributed by atoms with Crippen molar-refractivity contribution in [1.29, 1.82) is 0 Å². The van der Waals surface area contributed by atoms with Crippen molar-refractivity contribution in [2.45, 2.75) is 45.3 Å². The van der Waals surface area contributed by atoms with Crippen molar-refractivity contribution in [3.8, 4) is 0 Å². The molecule has 106 valence electrons. The molecule has 1 aromatic carbocycles. The lowest BCUT2D eigenvalue weighted by atomic mass is 9.80. The van der Waals surface area contributed by atoms with Crippen molar-refractivity contribution in [1.82, 2.24) is 0 Å². The first-order valence-corrected chi connectivity index (χ1v) is 7.19. The Morgan fingerprint density at radius 2 is 2.11 bits per heavy atom. The summed E-state index contributed by atoms with van der Waals surface area (Å²) in [5.41, 5.74) is 6.85. The summed E-state index contributed by atoms with van der Waals surface area (Å²) in [6.07, 6.45) is 3.75. The van der Waals surface area contributed by atoms with E-state index in [-0.39, 0.29) is 11.9 Å². The minimum atomic E-state index is -0.245. The summed E-state index contributed by atoms with van der Waals surface area (Å²) in [5.74, 6) is 1.26. The number of hydrogen-bond donors (Lipinski definition) is 1. The molecule has 0 bridgehead atoms. The van der Waals surface area contributed by atoms with Crippen LogP contribution in [0.2, 0.25) is 0 Å². The lowest BCUT2D eigenvalue weighted by Crippen LogP contribution is -2.29. The van der Waals surface area contributed by atoms with Gasteiger partial charge in [-0.25, -0.2) is 4.39 Å². The number of ether oxygens (including phenoxy) is 1. The molecule has 0 spiro atoms. The summed E-state index contributed by atoms with van der Waals surface area (Å²) in [7, 11) is 0. The highest BCUT2D eigenvalue weighted by Crippen LogP contribution is 2.31. The molecule has 1 fully saturated rings. The molecular formula is C16H24FNO. The fourth-order valence-corrected chi connectivity index (χ4v) is 2.72. The first-order valence-electron chi connectivity index (χ1n) is 7.19. The first kappa shape index (κ1) is 14.5. The van der Waals surface area contributed by atoms with Crippen LogP contribution < -0.4 is 5.73 Å². The van der Waals surface area contributed by atoms with E-state index in [2.05, 4.69) is 13.8 Å². The summed E-state index contributed by atoms with van der Waals surface area (Å²) >= 11 is 0. The van der Waals surface area contributed by atoms with Crippen molar-refractivity contribution in [2.75, 3.05) is 6.61 Å². The van der Waals surface area contributed by atoms with Crippen molar-refractivity contribution < 1.29 is 9.13 Å². The van der Waals surface area contributed by atoms with Gasteiger partial charge in [0.15, 0.2) is 0 Å². The zero-order chi connectivity index (χ0) is 13.8. The molecule has 3 heteroatoms. The average Bonchev–Trinajstić information content (AvgIpc) is 2.40. The van der Waals surface area contributed by atoms with Gasteiger partial charge in [-0.05, 0) is 48.8 Å². The Morgan fingerprint density at radius 1 is 1.32 bits per heavy atom. The van der Waals surface area contributed by atoms with Crippen LogP contribution in [0.4, 0.5) is 4.39 Å². The molecule has 2 N–H and O–H groups in total. The number of nitrogens with two attached hydrogens (primary N) is 1. The maximum absolute atomic E-state index is 13.1. The highest BCUT2D eigenvalue weighted by Gasteiger charge is 2.25. The van der Waals surface area contributed by atoms with E-state index in [0.717, 1.165) is 24.3 Å². The topological polar surface area (TPSA) is 35.2 Å². The van der Waals surface area contributed by atoms with Crippen molar-refractivity contribution in [2.24, 2.45) is 17.6 Å². The molecule has 1 aliphatic rings. The van der Waals surface area contributed by atoms with Gasteiger partial charge in [-0.2, -0.15) is 0 Å². The maximum Gasteiger partial charge on any atom is 0.123 e. The number of hydrogen-bond acceptors (Lipinski definition) is 2. The van der Waals surface area contributed by atoms with Crippen LogP contribution in [0.3, 0.4) is 0 Å². The van der Waals surface area contributed by atoms with Crippen LogP contribution in [0.15, 0.2) is 24.3 Å². The van der Waals surface area contributed by atoms with Crippen LogP contribution in [0.5, 0.6) is 0 Å². The summed E-state index contributed by atoms with van der Waals surface area (Å²) in [6, 6.07) is 6.21. The highest BCUT2D eigenvalue weighted by atomic mass is 19.1. The third-order valence-electron chi connectivity index (χ3n) is 4.34. The van der Waals surface area contributed by atoms with E-state index in [1.54, 1.807) is 6.07 Å². The van der Waals surface area contributed by atoms with Crippen LogP contribution in [0, 0.1) is 17.7 Å². The van der Waals surface area contributed by atoms with Crippen LogP contribution in [-0.4, -0.2) is 12.7 Å². The van der Waals surface area contributed by atoms with Gasteiger partial charge in [0.05, 0.1) is 18.8 Å². The summed E-state index contributed by atoms with van der Waals surface area (Å²) in [5, 5.41) is 0. The standard InChI is InChI=1S/C16H24FNO/c1-11-6-7-15(8-12(11)2)19-10-16(18)13-4-3-5-14(17)9-13/h3-5,9,11-12,15-16H,6-8,10,18H2,1-2H3. The van der Waals surface area contributed by atoms with Gasteiger partial charge < -0.3 is 10.5 Å².